The maximum absolute atomic E-state index is 13.2. The highest BCUT2D eigenvalue weighted by Crippen LogP contribution is 2.15. The van der Waals surface area contributed by atoms with Crippen molar-refractivity contribution in [1.29, 1.82) is 0 Å². The molecule has 0 saturated carbocycles. The Morgan fingerprint density at radius 2 is 2.00 bits per heavy atom. The molecule has 0 aliphatic carbocycles. The smallest absolute Gasteiger partial charge is 0.254 e. The third-order valence-electron chi connectivity index (χ3n) is 2.20. The molecule has 1 amide bonds. The fourth-order valence-electron chi connectivity index (χ4n) is 1.24. The first kappa shape index (κ1) is 13.8. The van der Waals surface area contributed by atoms with Gasteiger partial charge in [-0.2, -0.15) is 0 Å². The Balaban J connectivity index is 2.86. The summed E-state index contributed by atoms with van der Waals surface area (Å²) < 4.78 is 38.8. The molecule has 1 N–H and O–H groups in total. The lowest BCUT2D eigenvalue weighted by Gasteiger charge is -2.12. The fraction of sp³-hybridized carbons (Fsp3) is 0.364. The first-order chi connectivity index (χ1) is 7.97. The number of benzene rings is 1. The lowest BCUT2D eigenvalue weighted by atomic mass is 10.1. The van der Waals surface area contributed by atoms with E-state index in [4.69, 9.17) is 11.6 Å². The van der Waals surface area contributed by atoms with Gasteiger partial charge in [-0.1, -0.05) is 0 Å². The Morgan fingerprint density at radius 3 is 2.59 bits per heavy atom. The van der Waals surface area contributed by atoms with Gasteiger partial charge in [0.25, 0.3) is 5.91 Å². The summed E-state index contributed by atoms with van der Waals surface area (Å²) in [6.45, 7) is 1.68. The SMILES string of the molecule is CC(CCCl)NC(=O)c1ccc(F)c(F)c1F. The first-order valence-electron chi connectivity index (χ1n) is 4.97. The molecule has 1 aromatic rings. The maximum Gasteiger partial charge on any atom is 0.254 e. The molecular formula is C11H11ClF3NO. The molecule has 0 spiro atoms. The van der Waals surface area contributed by atoms with Gasteiger partial charge in [0.05, 0.1) is 5.56 Å². The molecule has 94 valence electrons. The lowest BCUT2D eigenvalue weighted by molar-refractivity contribution is 0.0934. The Labute approximate surface area is 102 Å². The zero-order chi connectivity index (χ0) is 13.0. The van der Waals surface area contributed by atoms with Gasteiger partial charge in [0.15, 0.2) is 17.5 Å². The average Bonchev–Trinajstić information content (AvgIpc) is 2.26. The van der Waals surface area contributed by atoms with E-state index in [1.165, 1.54) is 0 Å². The summed E-state index contributed by atoms with van der Waals surface area (Å²) >= 11 is 5.47. The highest BCUT2D eigenvalue weighted by molar-refractivity contribution is 6.17. The van der Waals surface area contributed by atoms with Gasteiger partial charge < -0.3 is 5.32 Å². The molecule has 0 heterocycles. The topological polar surface area (TPSA) is 29.1 Å². The lowest BCUT2D eigenvalue weighted by Crippen LogP contribution is -2.33. The Bertz CT molecular complexity index is 425. The van der Waals surface area contributed by atoms with E-state index in [1.54, 1.807) is 6.92 Å². The van der Waals surface area contributed by atoms with E-state index < -0.39 is 28.9 Å². The summed E-state index contributed by atoms with van der Waals surface area (Å²) in [6.07, 6.45) is 0.499. The first-order valence-corrected chi connectivity index (χ1v) is 5.51. The van der Waals surface area contributed by atoms with Crippen molar-refractivity contribution in [2.45, 2.75) is 19.4 Å². The maximum atomic E-state index is 13.2. The molecule has 0 fully saturated rings. The Morgan fingerprint density at radius 1 is 1.35 bits per heavy atom. The van der Waals surface area contributed by atoms with Crippen molar-refractivity contribution >= 4 is 17.5 Å². The minimum atomic E-state index is -1.65. The predicted molar refractivity (Wildman–Crippen MR) is 58.6 cm³/mol. The van der Waals surface area contributed by atoms with E-state index in [0.717, 1.165) is 6.07 Å². The molecule has 0 aliphatic rings. The molecular weight excluding hydrogens is 255 g/mol. The van der Waals surface area contributed by atoms with Crippen LogP contribution in [0.15, 0.2) is 12.1 Å². The van der Waals surface area contributed by atoms with Crippen LogP contribution in [0, 0.1) is 17.5 Å². The number of nitrogens with one attached hydrogen (secondary N) is 1. The standard InChI is InChI=1S/C11H11ClF3NO/c1-6(4-5-12)16-11(17)7-2-3-8(13)10(15)9(7)14/h2-3,6H,4-5H2,1H3,(H,16,17). The van der Waals surface area contributed by atoms with Crippen LogP contribution in [0.1, 0.15) is 23.7 Å². The largest absolute Gasteiger partial charge is 0.349 e. The van der Waals surface area contributed by atoms with Gasteiger partial charge in [-0.15, -0.1) is 11.6 Å². The van der Waals surface area contributed by atoms with Crippen LogP contribution in [0.4, 0.5) is 13.2 Å². The van der Waals surface area contributed by atoms with E-state index in [2.05, 4.69) is 5.32 Å². The van der Waals surface area contributed by atoms with Crippen molar-refractivity contribution in [2.24, 2.45) is 0 Å². The van der Waals surface area contributed by atoms with Gasteiger partial charge in [0.1, 0.15) is 0 Å². The molecule has 0 aliphatic heterocycles. The van der Waals surface area contributed by atoms with Crippen molar-refractivity contribution < 1.29 is 18.0 Å². The van der Waals surface area contributed by atoms with Crippen LogP contribution in [-0.4, -0.2) is 17.8 Å². The van der Waals surface area contributed by atoms with Crippen molar-refractivity contribution in [3.05, 3.63) is 35.1 Å². The summed E-state index contributed by atoms with van der Waals surface area (Å²) in [5, 5.41) is 2.43. The molecule has 1 aromatic carbocycles. The average molecular weight is 266 g/mol. The zero-order valence-electron chi connectivity index (χ0n) is 9.07. The van der Waals surface area contributed by atoms with Gasteiger partial charge in [0.2, 0.25) is 0 Å². The van der Waals surface area contributed by atoms with Crippen molar-refractivity contribution in [3.63, 3.8) is 0 Å². The molecule has 1 atom stereocenters. The summed E-state index contributed by atoms with van der Waals surface area (Å²) in [7, 11) is 0. The number of amides is 1. The number of rotatable bonds is 4. The number of carbonyl (C=O) groups excluding carboxylic acids is 1. The highest BCUT2D eigenvalue weighted by atomic mass is 35.5. The molecule has 1 rings (SSSR count). The molecule has 0 aromatic heterocycles. The van der Waals surface area contributed by atoms with Crippen LogP contribution in [0.5, 0.6) is 0 Å². The van der Waals surface area contributed by atoms with Gasteiger partial charge in [-0.05, 0) is 25.5 Å². The van der Waals surface area contributed by atoms with Crippen LogP contribution in [0.2, 0.25) is 0 Å². The van der Waals surface area contributed by atoms with Crippen LogP contribution in [0.25, 0.3) is 0 Å². The van der Waals surface area contributed by atoms with E-state index >= 15 is 0 Å². The Kier molecular flexibility index (Phi) is 4.81. The Hall–Kier alpha value is -1.23. The normalized spacial score (nSPS) is 12.3. The van der Waals surface area contributed by atoms with Gasteiger partial charge in [-0.3, -0.25) is 4.79 Å². The second kappa shape index (κ2) is 5.91. The molecule has 0 bridgehead atoms. The second-order valence-corrected chi connectivity index (χ2v) is 3.95. The van der Waals surface area contributed by atoms with E-state index in [9.17, 15) is 18.0 Å². The van der Waals surface area contributed by atoms with Gasteiger partial charge in [0, 0.05) is 11.9 Å². The number of alkyl halides is 1. The number of hydrogen-bond donors (Lipinski definition) is 1. The third kappa shape index (κ3) is 3.36. The van der Waals surface area contributed by atoms with Crippen molar-refractivity contribution in [2.75, 3.05) is 5.88 Å². The molecule has 1 unspecified atom stereocenters. The predicted octanol–water partition coefficient (Wildman–Crippen LogP) is 2.85. The molecule has 17 heavy (non-hydrogen) atoms. The quantitative estimate of drug-likeness (QED) is 0.658. The van der Waals surface area contributed by atoms with Gasteiger partial charge in [-0.25, -0.2) is 13.2 Å². The van der Waals surface area contributed by atoms with Gasteiger partial charge >= 0.3 is 0 Å². The third-order valence-corrected chi connectivity index (χ3v) is 2.42. The van der Waals surface area contributed by atoms with E-state index in [-0.39, 0.29) is 6.04 Å². The van der Waals surface area contributed by atoms with E-state index in [1.807, 2.05) is 0 Å². The van der Waals surface area contributed by atoms with Crippen LogP contribution in [0.3, 0.4) is 0 Å². The number of carbonyl (C=O) groups is 1. The molecule has 0 radical (unpaired) electrons. The molecule has 2 nitrogen and oxygen atoms in total. The summed E-state index contributed by atoms with van der Waals surface area (Å²) in [6, 6.07) is 1.34. The van der Waals surface area contributed by atoms with Crippen LogP contribution >= 0.6 is 11.6 Å². The van der Waals surface area contributed by atoms with E-state index in [0.29, 0.717) is 18.4 Å². The monoisotopic (exact) mass is 265 g/mol. The highest BCUT2D eigenvalue weighted by Gasteiger charge is 2.19. The van der Waals surface area contributed by atoms with Crippen LogP contribution < -0.4 is 5.32 Å². The minimum absolute atomic E-state index is 0.271. The second-order valence-electron chi connectivity index (χ2n) is 3.58. The van der Waals surface area contributed by atoms with Crippen molar-refractivity contribution in [1.82, 2.24) is 5.32 Å². The summed E-state index contributed by atoms with van der Waals surface area (Å²) in [4.78, 5) is 11.5. The number of hydrogen-bond acceptors (Lipinski definition) is 1. The number of halogens is 4. The minimum Gasteiger partial charge on any atom is -0.349 e. The molecule has 6 heteroatoms. The van der Waals surface area contributed by atoms with Crippen molar-refractivity contribution in [3.8, 4) is 0 Å². The summed E-state index contributed by atoms with van der Waals surface area (Å²) in [5.41, 5.74) is -0.523. The zero-order valence-corrected chi connectivity index (χ0v) is 9.82. The molecule has 0 saturated heterocycles. The van der Waals surface area contributed by atoms with Crippen LogP contribution in [-0.2, 0) is 0 Å². The summed E-state index contributed by atoms with van der Waals surface area (Å²) in [5.74, 6) is -4.92. The fourth-order valence-corrected chi connectivity index (χ4v) is 1.57.